The molecule has 0 aliphatic heterocycles. The molecule has 1 unspecified atom stereocenters. The number of esters is 2. The van der Waals surface area contributed by atoms with Gasteiger partial charge >= 0.3 is 27.6 Å². The van der Waals surface area contributed by atoms with E-state index in [-0.39, 0.29) is 12.8 Å². The fourth-order valence-electron chi connectivity index (χ4n) is 6.20. The van der Waals surface area contributed by atoms with Gasteiger partial charge in [0.15, 0.2) is 6.10 Å². The molecule has 0 bridgehead atoms. The predicted octanol–water partition coefficient (Wildman–Crippen LogP) is 9.14. The number of ether oxygens (including phenoxy) is 2. The summed E-state index contributed by atoms with van der Waals surface area (Å²) >= 11 is 0. The normalized spacial score (nSPS) is 15.3. The Kier molecular flexibility index (Phi) is 36.6. The van der Waals surface area contributed by atoms with Gasteiger partial charge in [-0.25, -0.2) is 9.13 Å². The Morgan fingerprint density at radius 1 is 0.559 bits per heavy atom. The zero-order valence-corrected chi connectivity index (χ0v) is 38.3. The Labute approximate surface area is 355 Å². The van der Waals surface area contributed by atoms with Crippen LogP contribution in [0.4, 0.5) is 0 Å². The minimum atomic E-state index is -4.88. The second-order valence-electron chi connectivity index (χ2n) is 16.1. The number of carbonyl (C=O) groups excluding carboxylic acids is 2. The second kappa shape index (κ2) is 37.3. The second-order valence-corrected chi connectivity index (χ2v) is 18.8. The molecule has 0 radical (unpaired) electrons. The predicted molar refractivity (Wildman–Crippen MR) is 228 cm³/mol. The number of carbonyl (C=O) groups is 2. The van der Waals surface area contributed by atoms with Crippen molar-refractivity contribution in [2.24, 2.45) is 5.92 Å². The molecule has 17 heteroatoms. The number of aliphatic hydroxyl groups excluding tert-OH is 3. The van der Waals surface area contributed by atoms with Gasteiger partial charge in [0.25, 0.3) is 0 Å². The lowest BCUT2D eigenvalue weighted by atomic mass is 10.0. The van der Waals surface area contributed by atoms with Gasteiger partial charge in [0, 0.05) is 12.8 Å². The molecule has 0 aliphatic rings. The van der Waals surface area contributed by atoms with Crippen molar-refractivity contribution in [3.63, 3.8) is 0 Å². The van der Waals surface area contributed by atoms with Gasteiger partial charge in [0.2, 0.25) is 0 Å². The van der Waals surface area contributed by atoms with Gasteiger partial charge in [-0.15, -0.1) is 0 Å². The van der Waals surface area contributed by atoms with E-state index in [1.54, 1.807) is 0 Å². The van der Waals surface area contributed by atoms with Crippen LogP contribution in [0.3, 0.4) is 0 Å². The molecule has 0 aliphatic carbocycles. The maximum absolute atomic E-state index is 12.7. The van der Waals surface area contributed by atoms with Gasteiger partial charge in [-0.1, -0.05) is 148 Å². The van der Waals surface area contributed by atoms with E-state index in [0.717, 1.165) is 63.7 Å². The molecule has 0 saturated heterocycles. The molecule has 5 atom stereocenters. The Morgan fingerprint density at radius 2 is 1.05 bits per heavy atom. The number of phosphoric ester groups is 2. The third-order valence-electron chi connectivity index (χ3n) is 9.77. The Bertz CT molecular complexity index is 1150. The zero-order valence-electron chi connectivity index (χ0n) is 36.5. The van der Waals surface area contributed by atoms with E-state index < -0.39 is 78.4 Å². The highest BCUT2D eigenvalue weighted by Crippen LogP contribution is 2.43. The van der Waals surface area contributed by atoms with Crippen LogP contribution in [0.15, 0.2) is 12.2 Å². The zero-order chi connectivity index (χ0) is 44.2. The number of aliphatic hydroxyl groups is 3. The molecule has 0 spiro atoms. The summed E-state index contributed by atoms with van der Waals surface area (Å²) < 4.78 is 47.7. The highest BCUT2D eigenvalue weighted by molar-refractivity contribution is 7.47. The van der Waals surface area contributed by atoms with E-state index in [4.69, 9.17) is 23.8 Å². The molecule has 15 nitrogen and oxygen atoms in total. The number of unbranched alkanes of at least 4 members (excludes halogenated alkanes) is 18. The Morgan fingerprint density at radius 3 is 1.59 bits per heavy atom. The van der Waals surface area contributed by atoms with Crippen LogP contribution in [0.5, 0.6) is 0 Å². The molecule has 0 aromatic rings. The van der Waals surface area contributed by atoms with Gasteiger partial charge in [0.1, 0.15) is 12.7 Å². The lowest BCUT2D eigenvalue weighted by Crippen LogP contribution is -2.30. The first kappa shape index (κ1) is 57.8. The molecular formula is C42H82O15P2. The summed E-state index contributed by atoms with van der Waals surface area (Å²) in [7, 11) is -9.72. The molecule has 0 saturated carbocycles. The molecule has 0 aromatic heterocycles. The van der Waals surface area contributed by atoms with Crippen LogP contribution >= 0.6 is 15.6 Å². The topological polar surface area (TPSA) is 236 Å². The monoisotopic (exact) mass is 889 g/mol. The molecule has 59 heavy (non-hydrogen) atoms. The van der Waals surface area contributed by atoms with Gasteiger partial charge in [-0.05, 0) is 44.4 Å². The maximum Gasteiger partial charge on any atom is 0.472 e. The Balaban J connectivity index is 4.60. The summed E-state index contributed by atoms with van der Waals surface area (Å²) in [5.41, 5.74) is 0. The van der Waals surface area contributed by atoms with Crippen LogP contribution < -0.4 is 0 Å². The maximum atomic E-state index is 12.7. The SMILES string of the molecule is CCCCC/C=C\C[C@H](O)[C@@H](O)CCCCCCCC(=O)O[C@H](COC(=O)CCCCCCCCCCCCCCC(C)C)COP(=O)(O)OC[C@@H](O)COP(=O)(O)O. The molecule has 0 amide bonds. The van der Waals surface area contributed by atoms with Crippen molar-refractivity contribution < 1.29 is 71.8 Å². The highest BCUT2D eigenvalue weighted by atomic mass is 31.2. The average molecular weight is 889 g/mol. The fraction of sp³-hybridized carbons (Fsp3) is 0.905. The van der Waals surface area contributed by atoms with Gasteiger partial charge < -0.3 is 39.5 Å². The van der Waals surface area contributed by atoms with Crippen LogP contribution in [-0.4, -0.2) is 92.8 Å². The van der Waals surface area contributed by atoms with E-state index in [9.17, 15) is 38.9 Å². The number of rotatable bonds is 42. The van der Waals surface area contributed by atoms with Crippen molar-refractivity contribution in [2.75, 3.05) is 26.4 Å². The lowest BCUT2D eigenvalue weighted by Gasteiger charge is -2.20. The number of hydrogen-bond donors (Lipinski definition) is 6. The summed E-state index contributed by atoms with van der Waals surface area (Å²) in [6.07, 6.45) is 23.7. The lowest BCUT2D eigenvalue weighted by molar-refractivity contribution is -0.161. The standard InChI is InChI=1S/C42H82O15P2/c1-4-5-6-7-18-23-28-39(44)40(45)29-24-19-16-21-26-31-42(47)57-38(35-56-59(51,52)55-33-37(43)32-54-58(48,49)50)34-53-41(46)30-25-20-15-13-11-9-8-10-12-14-17-22-27-36(2)3/h18,23,36-40,43-45H,4-17,19-22,24-35H2,1-3H3,(H,51,52)(H2,48,49,50)/b23-18-/t37-,38+,39-,40-/m0/s1. The van der Waals surface area contributed by atoms with Crippen LogP contribution in [0.25, 0.3) is 0 Å². The smallest absolute Gasteiger partial charge is 0.462 e. The van der Waals surface area contributed by atoms with Crippen LogP contribution in [0.2, 0.25) is 0 Å². The van der Waals surface area contributed by atoms with Crippen LogP contribution in [-0.2, 0) is 41.8 Å². The van der Waals surface area contributed by atoms with Crippen molar-refractivity contribution in [3.8, 4) is 0 Å². The van der Waals surface area contributed by atoms with Crippen LogP contribution in [0.1, 0.15) is 188 Å². The minimum absolute atomic E-state index is 0.0356. The largest absolute Gasteiger partial charge is 0.472 e. The molecule has 0 rings (SSSR count). The highest BCUT2D eigenvalue weighted by Gasteiger charge is 2.28. The third kappa shape index (κ3) is 40.6. The van der Waals surface area contributed by atoms with E-state index in [1.165, 1.54) is 64.2 Å². The Hall–Kier alpha value is -1.22. The summed E-state index contributed by atoms with van der Waals surface area (Å²) in [6.45, 7) is 3.85. The summed E-state index contributed by atoms with van der Waals surface area (Å²) in [5, 5.41) is 30.2. The minimum Gasteiger partial charge on any atom is -0.462 e. The van der Waals surface area contributed by atoms with E-state index in [2.05, 4.69) is 29.8 Å². The van der Waals surface area contributed by atoms with E-state index >= 15 is 0 Å². The third-order valence-corrected chi connectivity index (χ3v) is 11.2. The number of hydrogen-bond acceptors (Lipinski definition) is 12. The van der Waals surface area contributed by atoms with Crippen molar-refractivity contribution in [1.82, 2.24) is 0 Å². The fourth-order valence-corrected chi connectivity index (χ4v) is 7.36. The van der Waals surface area contributed by atoms with E-state index in [1.807, 2.05) is 12.2 Å². The molecule has 0 fully saturated rings. The molecule has 6 N–H and O–H groups in total. The van der Waals surface area contributed by atoms with Gasteiger partial charge in [-0.3, -0.25) is 23.2 Å². The van der Waals surface area contributed by atoms with Crippen LogP contribution in [0, 0.1) is 5.92 Å². The molecular weight excluding hydrogens is 806 g/mol. The summed E-state index contributed by atoms with van der Waals surface area (Å²) in [4.78, 5) is 52.7. The van der Waals surface area contributed by atoms with Gasteiger partial charge in [0.05, 0.1) is 32.0 Å². The average Bonchev–Trinajstić information content (AvgIpc) is 3.17. The first-order chi connectivity index (χ1) is 28.0. The summed E-state index contributed by atoms with van der Waals surface area (Å²) in [5.74, 6) is -0.349. The molecule has 0 aromatic carbocycles. The van der Waals surface area contributed by atoms with Crippen molar-refractivity contribution in [1.29, 1.82) is 0 Å². The number of phosphoric acid groups is 2. The first-order valence-electron chi connectivity index (χ1n) is 22.4. The van der Waals surface area contributed by atoms with Crippen molar-refractivity contribution >= 4 is 27.6 Å². The molecule has 350 valence electrons. The van der Waals surface area contributed by atoms with Crippen molar-refractivity contribution in [3.05, 3.63) is 12.2 Å². The summed E-state index contributed by atoms with van der Waals surface area (Å²) in [6, 6.07) is 0. The first-order valence-corrected chi connectivity index (χ1v) is 25.4. The van der Waals surface area contributed by atoms with E-state index in [0.29, 0.717) is 32.1 Å². The van der Waals surface area contributed by atoms with Crippen molar-refractivity contribution in [2.45, 2.75) is 212 Å². The molecule has 0 heterocycles. The number of allylic oxidation sites excluding steroid dienone is 1. The van der Waals surface area contributed by atoms with Gasteiger partial charge in [-0.2, -0.15) is 0 Å². The quantitative estimate of drug-likeness (QED) is 0.0145.